The molecule has 1 aromatic heterocycles. The zero-order valence-electron chi connectivity index (χ0n) is 21.2. The fraction of sp³-hybridized carbons (Fsp3) is 0.185. The van der Waals surface area contributed by atoms with E-state index in [0.29, 0.717) is 28.5 Å². The minimum atomic E-state index is -0.623. The molecule has 38 heavy (non-hydrogen) atoms. The van der Waals surface area contributed by atoms with Crippen LogP contribution in [0.25, 0.3) is 22.0 Å². The summed E-state index contributed by atoms with van der Waals surface area (Å²) in [7, 11) is 4.39. The van der Waals surface area contributed by atoms with Gasteiger partial charge in [-0.05, 0) is 54.4 Å². The molecule has 4 rings (SSSR count). The summed E-state index contributed by atoms with van der Waals surface area (Å²) in [6.45, 7) is 1.82. The van der Waals surface area contributed by atoms with Crippen molar-refractivity contribution in [2.75, 3.05) is 32.4 Å². The highest BCUT2D eigenvalue weighted by atomic mass is 19.1. The summed E-state index contributed by atoms with van der Waals surface area (Å²) >= 11 is 0. The fourth-order valence-corrected chi connectivity index (χ4v) is 4.11. The Balaban J connectivity index is 1.71. The lowest BCUT2D eigenvalue weighted by molar-refractivity contribution is -0.117. The lowest BCUT2D eigenvalue weighted by atomic mass is 9.97. The molecule has 10 nitrogen and oxygen atoms in total. The summed E-state index contributed by atoms with van der Waals surface area (Å²) in [5, 5.41) is 2.85. The van der Waals surface area contributed by atoms with Gasteiger partial charge in [0.1, 0.15) is 17.5 Å². The zero-order chi connectivity index (χ0) is 27.6. The second-order valence-corrected chi connectivity index (χ2v) is 8.39. The van der Waals surface area contributed by atoms with E-state index in [2.05, 4.69) is 15.3 Å². The van der Waals surface area contributed by atoms with Crippen LogP contribution in [-0.4, -0.2) is 43.1 Å². The first-order valence-electron chi connectivity index (χ1n) is 11.4. The highest BCUT2D eigenvalue weighted by Crippen LogP contribution is 2.39. The first kappa shape index (κ1) is 26.1. The lowest BCUT2D eigenvalue weighted by Crippen LogP contribution is -2.16. The van der Waals surface area contributed by atoms with Crippen molar-refractivity contribution >= 4 is 34.2 Å². The molecule has 0 saturated carbocycles. The maximum Gasteiger partial charge on any atom is 0.255 e. The summed E-state index contributed by atoms with van der Waals surface area (Å²) in [5.74, 6) is -0.642. The standard InChI is InChI=1S/C27H26FN5O5/c1-13-5-6-15(31-27(35)14-9-19(36-2)25(38-4)20(10-14)37-3)11-17(13)16-7-8-18-23(24(16)28)26(30)33-22(32-18)12-21(29)34/h5-11H,12H2,1-4H3,(H2,29,34)(H,31,35)(H2,30,32,33). The predicted molar refractivity (Wildman–Crippen MR) is 141 cm³/mol. The number of rotatable bonds is 8. The average Bonchev–Trinajstić information content (AvgIpc) is 2.88. The highest BCUT2D eigenvalue weighted by Gasteiger charge is 2.19. The van der Waals surface area contributed by atoms with Gasteiger partial charge in [-0.25, -0.2) is 14.4 Å². The monoisotopic (exact) mass is 519 g/mol. The Morgan fingerprint density at radius 2 is 1.63 bits per heavy atom. The first-order valence-corrected chi connectivity index (χ1v) is 11.4. The number of benzene rings is 3. The third-order valence-corrected chi connectivity index (χ3v) is 5.92. The number of aryl methyl sites for hydroxylation is 1. The van der Waals surface area contributed by atoms with Crippen LogP contribution >= 0.6 is 0 Å². The molecule has 0 bridgehead atoms. The van der Waals surface area contributed by atoms with Gasteiger partial charge in [0.2, 0.25) is 11.7 Å². The van der Waals surface area contributed by atoms with Crippen molar-refractivity contribution in [2.24, 2.45) is 5.73 Å². The number of hydrogen-bond donors (Lipinski definition) is 3. The number of nitrogens with one attached hydrogen (secondary N) is 1. The van der Waals surface area contributed by atoms with E-state index in [4.69, 9.17) is 25.7 Å². The van der Waals surface area contributed by atoms with Gasteiger partial charge in [-0.15, -0.1) is 0 Å². The van der Waals surface area contributed by atoms with Crippen LogP contribution in [0.4, 0.5) is 15.9 Å². The molecule has 0 fully saturated rings. The molecule has 0 atom stereocenters. The Morgan fingerprint density at radius 1 is 0.947 bits per heavy atom. The summed E-state index contributed by atoms with van der Waals surface area (Å²) in [5.41, 5.74) is 13.7. The van der Waals surface area contributed by atoms with Crippen LogP contribution in [0.1, 0.15) is 21.7 Å². The predicted octanol–water partition coefficient (Wildman–Crippen LogP) is 3.63. The van der Waals surface area contributed by atoms with Crippen LogP contribution in [0.3, 0.4) is 0 Å². The Morgan fingerprint density at radius 3 is 2.24 bits per heavy atom. The second kappa shape index (κ2) is 10.6. The van der Waals surface area contributed by atoms with E-state index in [1.807, 2.05) is 6.92 Å². The fourth-order valence-electron chi connectivity index (χ4n) is 4.11. The molecule has 1 heterocycles. The molecular weight excluding hydrogens is 493 g/mol. The number of fused-ring (bicyclic) bond motifs is 1. The first-order chi connectivity index (χ1) is 18.2. The van der Waals surface area contributed by atoms with Gasteiger partial charge in [0.05, 0.1) is 38.7 Å². The number of amides is 2. The van der Waals surface area contributed by atoms with Crippen molar-refractivity contribution in [3.8, 4) is 28.4 Å². The van der Waals surface area contributed by atoms with Crippen LogP contribution < -0.4 is 31.0 Å². The largest absolute Gasteiger partial charge is 0.493 e. The van der Waals surface area contributed by atoms with E-state index in [9.17, 15) is 9.59 Å². The summed E-state index contributed by atoms with van der Waals surface area (Å²) in [6.07, 6.45) is -0.212. The molecule has 0 aliphatic rings. The summed E-state index contributed by atoms with van der Waals surface area (Å²) in [6, 6.07) is 11.4. The summed E-state index contributed by atoms with van der Waals surface area (Å²) in [4.78, 5) is 32.5. The Kier molecular flexibility index (Phi) is 7.28. The number of methoxy groups -OCH3 is 3. The third kappa shape index (κ3) is 4.99. The molecule has 3 aromatic carbocycles. The van der Waals surface area contributed by atoms with Crippen LogP contribution in [0.2, 0.25) is 0 Å². The molecule has 0 radical (unpaired) electrons. The van der Waals surface area contributed by atoms with Crippen LogP contribution in [0, 0.1) is 12.7 Å². The number of aromatic nitrogens is 2. The van der Waals surface area contributed by atoms with Gasteiger partial charge < -0.3 is 31.0 Å². The van der Waals surface area contributed by atoms with Gasteiger partial charge in [0, 0.05) is 16.8 Å². The van der Waals surface area contributed by atoms with Crippen LogP contribution in [0.15, 0.2) is 42.5 Å². The number of nitrogens with zero attached hydrogens (tertiary/aromatic N) is 2. The maximum absolute atomic E-state index is 15.7. The topological polar surface area (TPSA) is 152 Å². The second-order valence-electron chi connectivity index (χ2n) is 8.39. The third-order valence-electron chi connectivity index (χ3n) is 5.92. The van der Waals surface area contributed by atoms with Gasteiger partial charge in [-0.3, -0.25) is 9.59 Å². The van der Waals surface area contributed by atoms with Crippen molar-refractivity contribution in [3.05, 3.63) is 65.2 Å². The van der Waals surface area contributed by atoms with Crippen molar-refractivity contribution < 1.29 is 28.2 Å². The summed E-state index contributed by atoms with van der Waals surface area (Å²) < 4.78 is 31.7. The number of hydrogen-bond acceptors (Lipinski definition) is 8. The van der Waals surface area contributed by atoms with Crippen LogP contribution in [-0.2, 0) is 11.2 Å². The smallest absolute Gasteiger partial charge is 0.255 e. The minimum absolute atomic E-state index is 0.0296. The van der Waals surface area contributed by atoms with Crippen molar-refractivity contribution in [3.63, 3.8) is 0 Å². The number of carbonyl (C=O) groups is 2. The SMILES string of the molecule is COc1cc(C(=O)Nc2ccc(C)c(-c3ccc4nc(CC(N)=O)nc(N)c4c3F)c2)cc(OC)c1OC. The molecule has 4 aromatic rings. The molecule has 0 aliphatic heterocycles. The van der Waals surface area contributed by atoms with Gasteiger partial charge in [0.25, 0.3) is 5.91 Å². The number of halogens is 1. The van der Waals surface area contributed by atoms with E-state index in [1.54, 1.807) is 30.3 Å². The van der Waals surface area contributed by atoms with E-state index >= 15 is 4.39 Å². The van der Waals surface area contributed by atoms with Crippen LogP contribution in [0.5, 0.6) is 17.2 Å². The molecule has 0 unspecified atom stereocenters. The number of carbonyl (C=O) groups excluding carboxylic acids is 2. The Hall–Kier alpha value is -4.93. The zero-order valence-corrected chi connectivity index (χ0v) is 21.2. The molecular formula is C27H26FN5O5. The van der Waals surface area contributed by atoms with Crippen molar-refractivity contribution in [1.82, 2.24) is 9.97 Å². The van der Waals surface area contributed by atoms with Gasteiger partial charge >= 0.3 is 0 Å². The molecule has 0 aliphatic carbocycles. The lowest BCUT2D eigenvalue weighted by Gasteiger charge is -2.15. The molecule has 196 valence electrons. The van der Waals surface area contributed by atoms with E-state index in [-0.39, 0.29) is 40.1 Å². The Labute approximate surface area is 217 Å². The number of ether oxygens (including phenoxy) is 3. The normalized spacial score (nSPS) is 10.8. The van der Waals surface area contributed by atoms with Gasteiger partial charge in [-0.1, -0.05) is 6.07 Å². The van der Waals surface area contributed by atoms with Gasteiger partial charge in [-0.2, -0.15) is 0 Å². The van der Waals surface area contributed by atoms with Gasteiger partial charge in [0.15, 0.2) is 11.5 Å². The number of anilines is 2. The quantitative estimate of drug-likeness (QED) is 0.319. The molecule has 0 saturated heterocycles. The van der Waals surface area contributed by atoms with Crippen molar-refractivity contribution in [1.29, 1.82) is 0 Å². The average molecular weight is 520 g/mol. The number of nitrogens with two attached hydrogens (primary N) is 2. The minimum Gasteiger partial charge on any atom is -0.493 e. The molecule has 5 N–H and O–H groups in total. The van der Waals surface area contributed by atoms with E-state index < -0.39 is 17.6 Å². The molecule has 0 spiro atoms. The highest BCUT2D eigenvalue weighted by molar-refractivity contribution is 6.05. The Bertz CT molecular complexity index is 1550. The van der Waals surface area contributed by atoms with E-state index in [1.165, 1.54) is 33.5 Å². The van der Waals surface area contributed by atoms with E-state index in [0.717, 1.165) is 5.56 Å². The molecule has 11 heteroatoms. The molecule has 2 amide bonds. The number of nitrogen functional groups attached to an aromatic ring is 1. The number of primary amides is 1. The maximum atomic E-state index is 15.7. The van der Waals surface area contributed by atoms with Crippen molar-refractivity contribution in [2.45, 2.75) is 13.3 Å².